The van der Waals surface area contributed by atoms with E-state index in [0.717, 1.165) is 11.1 Å². The summed E-state index contributed by atoms with van der Waals surface area (Å²) in [4.78, 5) is 0. The highest BCUT2D eigenvalue weighted by Crippen LogP contribution is 2.05. The molecule has 0 spiro atoms. The molecular weight excluding hydrogens is 286 g/mol. The van der Waals surface area contributed by atoms with E-state index in [1.54, 1.807) is 0 Å². The largest absolute Gasteiger partial charge is 0.392 e. The second-order valence-electron chi connectivity index (χ2n) is 4.65. The first kappa shape index (κ1) is 19.0. The van der Waals surface area contributed by atoms with Gasteiger partial charge in [-0.2, -0.15) is 0 Å². The lowest BCUT2D eigenvalue weighted by atomic mass is 10.1. The lowest BCUT2D eigenvalue weighted by Crippen LogP contribution is -2.14. The highest BCUT2D eigenvalue weighted by atomic mass is 16.6. The average molecular weight is 313 g/mol. The summed E-state index contributed by atoms with van der Waals surface area (Å²) in [5.74, 6) is 0. The predicted molar refractivity (Wildman–Crippen MR) is 83.5 cm³/mol. The van der Waals surface area contributed by atoms with Crippen LogP contribution in [0.1, 0.15) is 11.1 Å². The van der Waals surface area contributed by atoms with Crippen LogP contribution in [0.25, 0.3) is 0 Å². The van der Waals surface area contributed by atoms with Gasteiger partial charge in [0.2, 0.25) is 0 Å². The summed E-state index contributed by atoms with van der Waals surface area (Å²) in [7, 11) is 0. The Balaban J connectivity index is 1.85. The van der Waals surface area contributed by atoms with Crippen LogP contribution < -0.4 is 5.73 Å². The topological polar surface area (TPSA) is 83.2 Å². The van der Waals surface area contributed by atoms with Gasteiger partial charge in [0.05, 0.1) is 59.5 Å². The number of hydrogen-bond acceptors (Lipinski definition) is 6. The first-order valence-electron chi connectivity index (χ1n) is 7.56. The van der Waals surface area contributed by atoms with E-state index in [1.165, 1.54) is 0 Å². The Hall–Kier alpha value is -1.02. The Morgan fingerprint density at radius 2 is 1.14 bits per heavy atom. The van der Waals surface area contributed by atoms with Crippen molar-refractivity contribution in [3.05, 3.63) is 35.4 Å². The third-order valence-corrected chi connectivity index (χ3v) is 2.85. The SMILES string of the molecule is NCCOCCOCCOCCOCc1ccc(CO)cc1. The van der Waals surface area contributed by atoms with Gasteiger partial charge < -0.3 is 29.8 Å². The van der Waals surface area contributed by atoms with E-state index in [2.05, 4.69) is 0 Å². The zero-order valence-electron chi connectivity index (χ0n) is 13.0. The molecule has 3 N–H and O–H groups in total. The van der Waals surface area contributed by atoms with E-state index in [1.807, 2.05) is 24.3 Å². The summed E-state index contributed by atoms with van der Waals surface area (Å²) in [5, 5.41) is 8.95. The third kappa shape index (κ3) is 9.83. The minimum absolute atomic E-state index is 0.0657. The van der Waals surface area contributed by atoms with E-state index in [0.29, 0.717) is 59.4 Å². The van der Waals surface area contributed by atoms with Crippen molar-refractivity contribution < 1.29 is 24.1 Å². The van der Waals surface area contributed by atoms with Gasteiger partial charge in [-0.05, 0) is 11.1 Å². The van der Waals surface area contributed by atoms with Crippen molar-refractivity contribution in [2.45, 2.75) is 13.2 Å². The number of aliphatic hydroxyl groups is 1. The molecule has 0 bridgehead atoms. The summed E-state index contributed by atoms with van der Waals surface area (Å²) < 4.78 is 21.4. The smallest absolute Gasteiger partial charge is 0.0718 e. The molecule has 0 saturated heterocycles. The van der Waals surface area contributed by atoms with Crippen LogP contribution in [0.15, 0.2) is 24.3 Å². The maximum absolute atomic E-state index is 8.95. The van der Waals surface area contributed by atoms with Gasteiger partial charge in [0.15, 0.2) is 0 Å². The molecule has 0 radical (unpaired) electrons. The second-order valence-corrected chi connectivity index (χ2v) is 4.65. The van der Waals surface area contributed by atoms with Gasteiger partial charge in [0.1, 0.15) is 0 Å². The molecule has 0 aliphatic heterocycles. The summed E-state index contributed by atoms with van der Waals surface area (Å²) in [5.41, 5.74) is 7.28. The molecule has 0 heterocycles. The molecule has 0 aliphatic rings. The van der Waals surface area contributed by atoms with Crippen LogP contribution in [0.4, 0.5) is 0 Å². The maximum atomic E-state index is 8.95. The molecule has 6 heteroatoms. The molecule has 1 aromatic rings. The Kier molecular flexibility index (Phi) is 11.8. The normalized spacial score (nSPS) is 11.0. The summed E-state index contributed by atoms with van der Waals surface area (Å²) in [6.07, 6.45) is 0. The third-order valence-electron chi connectivity index (χ3n) is 2.85. The molecule has 0 atom stereocenters. The Morgan fingerprint density at radius 3 is 1.64 bits per heavy atom. The van der Waals surface area contributed by atoms with Crippen LogP contribution in [0, 0.1) is 0 Å². The lowest BCUT2D eigenvalue weighted by Gasteiger charge is -2.07. The van der Waals surface area contributed by atoms with E-state index >= 15 is 0 Å². The van der Waals surface area contributed by atoms with Crippen molar-refractivity contribution in [3.8, 4) is 0 Å². The molecule has 0 saturated carbocycles. The summed E-state index contributed by atoms with van der Waals surface area (Å²) in [6, 6.07) is 7.69. The highest BCUT2D eigenvalue weighted by Gasteiger charge is 1.95. The molecule has 0 aromatic heterocycles. The molecule has 1 rings (SSSR count). The summed E-state index contributed by atoms with van der Waals surface area (Å²) >= 11 is 0. The quantitative estimate of drug-likeness (QED) is 0.492. The van der Waals surface area contributed by atoms with Gasteiger partial charge in [0.25, 0.3) is 0 Å². The Bertz CT molecular complexity index is 358. The average Bonchev–Trinajstić information content (AvgIpc) is 2.56. The van der Waals surface area contributed by atoms with Crippen molar-refractivity contribution in [3.63, 3.8) is 0 Å². The van der Waals surface area contributed by atoms with Crippen molar-refractivity contribution in [2.24, 2.45) is 5.73 Å². The zero-order valence-corrected chi connectivity index (χ0v) is 13.0. The van der Waals surface area contributed by atoms with Crippen LogP contribution in [-0.4, -0.2) is 57.9 Å². The van der Waals surface area contributed by atoms with Crippen LogP contribution in [0.2, 0.25) is 0 Å². The van der Waals surface area contributed by atoms with Crippen molar-refractivity contribution in [2.75, 3.05) is 52.8 Å². The number of nitrogens with two attached hydrogens (primary N) is 1. The monoisotopic (exact) mass is 313 g/mol. The number of benzene rings is 1. The summed E-state index contributed by atoms with van der Waals surface area (Å²) in [6.45, 7) is 5.02. The van der Waals surface area contributed by atoms with E-state index in [9.17, 15) is 0 Å². The van der Waals surface area contributed by atoms with Gasteiger partial charge >= 0.3 is 0 Å². The fraction of sp³-hybridized carbons (Fsp3) is 0.625. The molecule has 0 unspecified atom stereocenters. The van der Waals surface area contributed by atoms with Gasteiger partial charge in [-0.1, -0.05) is 24.3 Å². The fourth-order valence-electron chi connectivity index (χ4n) is 1.67. The van der Waals surface area contributed by atoms with E-state index in [-0.39, 0.29) is 6.61 Å². The molecule has 126 valence electrons. The fourth-order valence-corrected chi connectivity index (χ4v) is 1.67. The van der Waals surface area contributed by atoms with Crippen LogP contribution in [0.5, 0.6) is 0 Å². The van der Waals surface area contributed by atoms with Crippen LogP contribution >= 0.6 is 0 Å². The van der Waals surface area contributed by atoms with Gasteiger partial charge in [-0.15, -0.1) is 0 Å². The second kappa shape index (κ2) is 13.6. The van der Waals surface area contributed by atoms with Crippen LogP contribution in [0.3, 0.4) is 0 Å². The number of hydrogen-bond donors (Lipinski definition) is 2. The number of aliphatic hydroxyl groups excluding tert-OH is 1. The predicted octanol–water partition coefficient (Wildman–Crippen LogP) is 0.704. The van der Waals surface area contributed by atoms with Gasteiger partial charge in [-0.3, -0.25) is 0 Å². The highest BCUT2D eigenvalue weighted by molar-refractivity contribution is 5.21. The molecule has 0 amide bonds. The van der Waals surface area contributed by atoms with Crippen LogP contribution in [-0.2, 0) is 32.2 Å². The first-order valence-corrected chi connectivity index (χ1v) is 7.56. The van der Waals surface area contributed by atoms with Crippen molar-refractivity contribution >= 4 is 0 Å². The maximum Gasteiger partial charge on any atom is 0.0718 e. The Morgan fingerprint density at radius 1 is 0.682 bits per heavy atom. The standard InChI is InChI=1S/C16H27NO5/c17-5-6-19-7-8-20-9-10-21-11-12-22-14-16-3-1-15(13-18)2-4-16/h1-4,18H,5-14,17H2. The number of rotatable bonds is 14. The first-order chi connectivity index (χ1) is 10.9. The minimum atomic E-state index is 0.0657. The van der Waals surface area contributed by atoms with Crippen molar-refractivity contribution in [1.82, 2.24) is 0 Å². The number of ether oxygens (including phenoxy) is 4. The molecule has 22 heavy (non-hydrogen) atoms. The lowest BCUT2D eigenvalue weighted by molar-refractivity contribution is -0.00335. The molecule has 0 fully saturated rings. The molecule has 6 nitrogen and oxygen atoms in total. The molecule has 0 aliphatic carbocycles. The molecular formula is C16H27NO5. The minimum Gasteiger partial charge on any atom is -0.392 e. The van der Waals surface area contributed by atoms with Gasteiger partial charge in [-0.25, -0.2) is 0 Å². The zero-order chi connectivity index (χ0) is 15.9. The Labute approximate surface area is 132 Å². The van der Waals surface area contributed by atoms with E-state index in [4.69, 9.17) is 29.8 Å². The van der Waals surface area contributed by atoms with Gasteiger partial charge in [0, 0.05) is 6.54 Å². The molecule has 1 aromatic carbocycles. The van der Waals surface area contributed by atoms with E-state index < -0.39 is 0 Å². The van der Waals surface area contributed by atoms with Crippen molar-refractivity contribution in [1.29, 1.82) is 0 Å².